The summed E-state index contributed by atoms with van der Waals surface area (Å²) in [5.74, 6) is 1.67. The van der Waals surface area contributed by atoms with Crippen molar-refractivity contribution in [2.75, 3.05) is 19.9 Å². The number of rotatable bonds is 4. The van der Waals surface area contributed by atoms with Gasteiger partial charge in [-0.3, -0.25) is 4.79 Å². The van der Waals surface area contributed by atoms with Gasteiger partial charge in [-0.15, -0.1) is 0 Å². The van der Waals surface area contributed by atoms with Crippen LogP contribution in [0.3, 0.4) is 0 Å². The van der Waals surface area contributed by atoms with Gasteiger partial charge in [-0.1, -0.05) is 19.9 Å². The highest BCUT2D eigenvalue weighted by Gasteiger charge is 2.27. The third-order valence-corrected chi connectivity index (χ3v) is 4.24. The fourth-order valence-corrected chi connectivity index (χ4v) is 2.76. The van der Waals surface area contributed by atoms with Gasteiger partial charge in [-0.2, -0.15) is 0 Å². The van der Waals surface area contributed by atoms with Gasteiger partial charge in [0.25, 0.3) is 0 Å². The average Bonchev–Trinajstić information content (AvgIpc) is 3.14. The van der Waals surface area contributed by atoms with Crippen molar-refractivity contribution in [3.05, 3.63) is 23.8 Å². The van der Waals surface area contributed by atoms with Crippen molar-refractivity contribution in [3.63, 3.8) is 0 Å². The second-order valence-corrected chi connectivity index (χ2v) is 6.32. The lowest BCUT2D eigenvalue weighted by molar-refractivity contribution is -0.123. The molecule has 1 aromatic rings. The van der Waals surface area contributed by atoms with Gasteiger partial charge in [0.1, 0.15) is 0 Å². The van der Waals surface area contributed by atoms with E-state index >= 15 is 0 Å². The maximum atomic E-state index is 12.1. The summed E-state index contributed by atoms with van der Waals surface area (Å²) >= 11 is 0. The summed E-state index contributed by atoms with van der Waals surface area (Å²) < 4.78 is 10.8. The molecule has 1 atom stereocenters. The largest absolute Gasteiger partial charge is 0.454 e. The molecule has 2 N–H and O–H groups in total. The summed E-state index contributed by atoms with van der Waals surface area (Å²) in [6.45, 7) is 6.05. The van der Waals surface area contributed by atoms with Gasteiger partial charge in [0, 0.05) is 12.0 Å². The second kappa shape index (κ2) is 5.56. The monoisotopic (exact) mass is 290 g/mol. The highest BCUT2D eigenvalue weighted by Crippen LogP contribution is 2.36. The number of benzene rings is 1. The van der Waals surface area contributed by atoms with E-state index in [0.29, 0.717) is 6.54 Å². The summed E-state index contributed by atoms with van der Waals surface area (Å²) in [6, 6.07) is 5.94. The molecule has 0 spiro atoms. The van der Waals surface area contributed by atoms with E-state index in [4.69, 9.17) is 9.47 Å². The number of amides is 1. The topological polar surface area (TPSA) is 59.6 Å². The number of nitrogens with one attached hydrogen (secondary N) is 2. The summed E-state index contributed by atoms with van der Waals surface area (Å²) in [4.78, 5) is 12.1. The molecular weight excluding hydrogens is 268 g/mol. The fourth-order valence-electron chi connectivity index (χ4n) is 2.76. The predicted octanol–water partition coefficient (Wildman–Crippen LogP) is 1.56. The molecule has 0 saturated carbocycles. The minimum atomic E-state index is -0.157. The molecule has 1 unspecified atom stereocenters. The third-order valence-electron chi connectivity index (χ3n) is 4.24. The van der Waals surface area contributed by atoms with Crippen LogP contribution in [-0.4, -0.2) is 31.8 Å². The third kappa shape index (κ3) is 2.97. The summed E-state index contributed by atoms with van der Waals surface area (Å²) in [5, 5.41) is 6.28. The van der Waals surface area contributed by atoms with Crippen LogP contribution >= 0.6 is 0 Å². The predicted molar refractivity (Wildman–Crippen MR) is 79.6 cm³/mol. The minimum Gasteiger partial charge on any atom is -0.454 e. The SMILES string of the molecule is CC(C)(CNC(=O)C1CCCN1)c1ccc2c(c1)OCO2. The standard InChI is InChI=1S/C16H22N2O3/c1-16(2,9-18-15(19)12-4-3-7-17-12)11-5-6-13-14(8-11)21-10-20-13/h5-6,8,12,17H,3-4,7,9-10H2,1-2H3,(H,18,19). The summed E-state index contributed by atoms with van der Waals surface area (Å²) in [5.41, 5.74) is 0.973. The first-order chi connectivity index (χ1) is 10.1. The fraction of sp³-hybridized carbons (Fsp3) is 0.562. The zero-order valence-corrected chi connectivity index (χ0v) is 12.6. The highest BCUT2D eigenvalue weighted by atomic mass is 16.7. The number of ether oxygens (including phenoxy) is 2. The Morgan fingerprint density at radius 3 is 2.95 bits per heavy atom. The van der Waals surface area contributed by atoms with Crippen molar-refractivity contribution < 1.29 is 14.3 Å². The van der Waals surface area contributed by atoms with Gasteiger partial charge in [0.2, 0.25) is 12.7 Å². The van der Waals surface area contributed by atoms with Crippen molar-refractivity contribution >= 4 is 5.91 Å². The zero-order valence-electron chi connectivity index (χ0n) is 12.6. The molecule has 21 heavy (non-hydrogen) atoms. The maximum absolute atomic E-state index is 12.1. The number of fused-ring (bicyclic) bond motifs is 1. The molecule has 2 heterocycles. The summed E-state index contributed by atoms with van der Waals surface area (Å²) in [6.07, 6.45) is 2.00. The van der Waals surface area contributed by atoms with E-state index in [-0.39, 0.29) is 24.2 Å². The second-order valence-electron chi connectivity index (χ2n) is 6.32. The molecule has 1 fully saturated rings. The molecule has 0 aromatic heterocycles. The molecule has 114 valence electrons. The molecule has 1 aromatic carbocycles. The van der Waals surface area contributed by atoms with Crippen molar-refractivity contribution in [2.24, 2.45) is 0 Å². The van der Waals surface area contributed by atoms with Gasteiger partial charge in [0.15, 0.2) is 11.5 Å². The van der Waals surface area contributed by atoms with Crippen LogP contribution in [0.1, 0.15) is 32.3 Å². The molecule has 0 bridgehead atoms. The first-order valence-corrected chi connectivity index (χ1v) is 7.47. The Morgan fingerprint density at radius 1 is 1.38 bits per heavy atom. The smallest absolute Gasteiger partial charge is 0.237 e. The van der Waals surface area contributed by atoms with Gasteiger partial charge in [-0.05, 0) is 37.1 Å². The molecule has 2 aliphatic rings. The Morgan fingerprint density at radius 2 is 2.19 bits per heavy atom. The lowest BCUT2D eigenvalue weighted by Crippen LogP contribution is -2.45. The van der Waals surface area contributed by atoms with E-state index in [1.54, 1.807) is 0 Å². The van der Waals surface area contributed by atoms with E-state index in [1.165, 1.54) is 0 Å². The van der Waals surface area contributed by atoms with E-state index in [9.17, 15) is 4.79 Å². The Kier molecular flexibility index (Phi) is 3.76. The Balaban J connectivity index is 1.64. The van der Waals surface area contributed by atoms with Crippen LogP contribution < -0.4 is 20.1 Å². The van der Waals surface area contributed by atoms with Gasteiger partial charge in [0.05, 0.1) is 6.04 Å². The van der Waals surface area contributed by atoms with Crippen LogP contribution in [0.2, 0.25) is 0 Å². The van der Waals surface area contributed by atoms with Crippen LogP contribution in [0.15, 0.2) is 18.2 Å². The van der Waals surface area contributed by atoms with Crippen LogP contribution in [-0.2, 0) is 10.2 Å². The number of carbonyl (C=O) groups is 1. The normalized spacial score (nSPS) is 20.6. The zero-order chi connectivity index (χ0) is 14.9. The quantitative estimate of drug-likeness (QED) is 0.883. The van der Waals surface area contributed by atoms with Crippen molar-refractivity contribution in [1.82, 2.24) is 10.6 Å². The molecule has 2 aliphatic heterocycles. The molecule has 1 saturated heterocycles. The lowest BCUT2D eigenvalue weighted by atomic mass is 9.84. The molecular formula is C16H22N2O3. The van der Waals surface area contributed by atoms with Crippen molar-refractivity contribution in [2.45, 2.75) is 38.1 Å². The van der Waals surface area contributed by atoms with E-state index in [2.05, 4.69) is 24.5 Å². The van der Waals surface area contributed by atoms with Gasteiger partial charge < -0.3 is 20.1 Å². The Hall–Kier alpha value is -1.75. The Labute approximate surface area is 125 Å². The molecule has 5 nitrogen and oxygen atoms in total. The molecule has 5 heteroatoms. The van der Waals surface area contributed by atoms with Crippen molar-refractivity contribution in [1.29, 1.82) is 0 Å². The van der Waals surface area contributed by atoms with Crippen LogP contribution in [0.25, 0.3) is 0 Å². The number of hydrogen-bond acceptors (Lipinski definition) is 4. The van der Waals surface area contributed by atoms with E-state index in [0.717, 1.165) is 36.4 Å². The van der Waals surface area contributed by atoms with Gasteiger partial charge in [-0.25, -0.2) is 0 Å². The van der Waals surface area contributed by atoms with Gasteiger partial charge >= 0.3 is 0 Å². The molecule has 0 aliphatic carbocycles. The first-order valence-electron chi connectivity index (χ1n) is 7.47. The van der Waals surface area contributed by atoms with Crippen LogP contribution in [0.4, 0.5) is 0 Å². The first kappa shape index (κ1) is 14.2. The van der Waals surface area contributed by atoms with Crippen LogP contribution in [0.5, 0.6) is 11.5 Å². The van der Waals surface area contributed by atoms with Crippen LogP contribution in [0, 0.1) is 0 Å². The number of carbonyl (C=O) groups excluding carboxylic acids is 1. The maximum Gasteiger partial charge on any atom is 0.237 e. The Bertz CT molecular complexity index is 536. The highest BCUT2D eigenvalue weighted by molar-refractivity contribution is 5.82. The van der Waals surface area contributed by atoms with E-state index in [1.807, 2.05) is 18.2 Å². The summed E-state index contributed by atoms with van der Waals surface area (Å²) in [7, 11) is 0. The average molecular weight is 290 g/mol. The van der Waals surface area contributed by atoms with E-state index < -0.39 is 0 Å². The molecule has 1 amide bonds. The lowest BCUT2D eigenvalue weighted by Gasteiger charge is -2.26. The molecule has 3 rings (SSSR count). The minimum absolute atomic E-state index is 0.0300. The number of hydrogen-bond donors (Lipinski definition) is 2. The van der Waals surface area contributed by atoms with Crippen molar-refractivity contribution in [3.8, 4) is 11.5 Å². The molecule has 0 radical (unpaired) electrons.